The van der Waals surface area contributed by atoms with Crippen LogP contribution < -0.4 is 16.4 Å². The second kappa shape index (κ2) is 8.91. The number of nitrogens with zero attached hydrogens (tertiary/aromatic N) is 4. The molecule has 4 heterocycles. The third-order valence-corrected chi connectivity index (χ3v) is 6.00. The molecule has 1 atom stereocenters. The number of aromatic amines is 1. The Balaban J connectivity index is 1.37. The van der Waals surface area contributed by atoms with E-state index in [1.54, 1.807) is 23.1 Å². The molecule has 13 heteroatoms. The number of hydrogen-bond acceptors (Lipinski definition) is 7. The van der Waals surface area contributed by atoms with Gasteiger partial charge in [0.25, 0.3) is 11.8 Å². The number of halogens is 1. The van der Waals surface area contributed by atoms with Crippen molar-refractivity contribution in [2.75, 3.05) is 6.54 Å². The van der Waals surface area contributed by atoms with Crippen molar-refractivity contribution >= 4 is 34.5 Å². The smallest absolute Gasteiger partial charge is 0.408 e. The Labute approximate surface area is 202 Å². The molecule has 0 bridgehead atoms. The van der Waals surface area contributed by atoms with Crippen LogP contribution in [0.1, 0.15) is 46.8 Å². The van der Waals surface area contributed by atoms with Gasteiger partial charge in [0.1, 0.15) is 17.4 Å². The summed E-state index contributed by atoms with van der Waals surface area (Å²) < 4.78 is 20.3. The summed E-state index contributed by atoms with van der Waals surface area (Å²) in [6.07, 6.45) is 1.33. The predicted octanol–water partition coefficient (Wildman–Crippen LogP) is 0.972. The van der Waals surface area contributed by atoms with Crippen LogP contribution in [0.2, 0.25) is 0 Å². The van der Waals surface area contributed by atoms with Crippen LogP contribution in [0.5, 0.6) is 0 Å². The molecule has 1 unspecified atom stereocenters. The van der Waals surface area contributed by atoms with Gasteiger partial charge in [-0.2, -0.15) is 5.10 Å². The Morgan fingerprint density at radius 2 is 2.06 bits per heavy atom. The van der Waals surface area contributed by atoms with Gasteiger partial charge < -0.3 is 20.0 Å². The van der Waals surface area contributed by atoms with Gasteiger partial charge in [0, 0.05) is 25.2 Å². The van der Waals surface area contributed by atoms with E-state index in [-0.39, 0.29) is 35.5 Å². The molecule has 0 aliphatic carbocycles. The first kappa shape index (κ1) is 23.2. The van der Waals surface area contributed by atoms with E-state index >= 15 is 0 Å². The van der Waals surface area contributed by atoms with Crippen molar-refractivity contribution in [2.45, 2.75) is 38.9 Å². The van der Waals surface area contributed by atoms with Crippen LogP contribution in [0.4, 0.5) is 4.39 Å². The van der Waals surface area contributed by atoms with Crippen LogP contribution in [0.25, 0.3) is 16.7 Å². The third kappa shape index (κ3) is 4.19. The van der Waals surface area contributed by atoms with E-state index in [1.165, 1.54) is 6.07 Å². The molecule has 3 N–H and O–H groups in total. The van der Waals surface area contributed by atoms with Crippen molar-refractivity contribution in [3.05, 3.63) is 63.8 Å². The van der Waals surface area contributed by atoms with Gasteiger partial charge in [-0.25, -0.2) is 18.7 Å². The Morgan fingerprint density at radius 1 is 1.25 bits per heavy atom. The lowest BCUT2D eigenvalue weighted by atomic mass is 10.2. The van der Waals surface area contributed by atoms with Gasteiger partial charge in [-0.15, -0.1) is 0 Å². The maximum Gasteiger partial charge on any atom is 0.417 e. The summed E-state index contributed by atoms with van der Waals surface area (Å²) >= 11 is 0. The highest BCUT2D eigenvalue weighted by Crippen LogP contribution is 2.17. The Hall–Kier alpha value is -4.55. The highest BCUT2D eigenvalue weighted by atomic mass is 19.1. The number of amides is 3. The van der Waals surface area contributed by atoms with E-state index < -0.39 is 29.4 Å². The minimum Gasteiger partial charge on any atom is -0.408 e. The molecule has 4 aromatic rings. The average molecular weight is 495 g/mol. The van der Waals surface area contributed by atoms with E-state index in [4.69, 9.17) is 4.42 Å². The molecule has 1 aliphatic heterocycles. The number of carbonyl (C=O) groups is 3. The summed E-state index contributed by atoms with van der Waals surface area (Å²) in [7, 11) is 0. The summed E-state index contributed by atoms with van der Waals surface area (Å²) in [5, 5.41) is 9.18. The molecule has 1 saturated heterocycles. The maximum absolute atomic E-state index is 14.3. The minimum absolute atomic E-state index is 0.00277. The van der Waals surface area contributed by atoms with Crippen molar-refractivity contribution in [1.82, 2.24) is 35.1 Å². The van der Waals surface area contributed by atoms with Gasteiger partial charge >= 0.3 is 5.76 Å². The Kier molecular flexibility index (Phi) is 5.74. The van der Waals surface area contributed by atoms with E-state index in [1.807, 2.05) is 13.8 Å². The molecular formula is C23H22FN7O5. The molecule has 1 fully saturated rings. The number of H-pyrrole nitrogens is 1. The van der Waals surface area contributed by atoms with E-state index in [0.717, 1.165) is 10.7 Å². The first-order valence-corrected chi connectivity index (χ1v) is 11.3. The lowest BCUT2D eigenvalue weighted by Gasteiger charge is -2.21. The summed E-state index contributed by atoms with van der Waals surface area (Å²) in [6.45, 7) is 4.35. The van der Waals surface area contributed by atoms with Crippen LogP contribution in [0, 0.1) is 5.82 Å². The molecule has 0 saturated carbocycles. The van der Waals surface area contributed by atoms with Crippen LogP contribution in [-0.4, -0.2) is 60.8 Å². The van der Waals surface area contributed by atoms with E-state index in [2.05, 4.69) is 25.7 Å². The Morgan fingerprint density at radius 3 is 2.81 bits per heavy atom. The van der Waals surface area contributed by atoms with Crippen LogP contribution in [-0.2, 0) is 11.3 Å². The summed E-state index contributed by atoms with van der Waals surface area (Å²) in [5.41, 5.74) is 0.882. The number of fused-ring (bicyclic) bond motifs is 2. The number of oxazole rings is 1. The van der Waals surface area contributed by atoms with Gasteiger partial charge in [-0.3, -0.25) is 19.4 Å². The molecule has 12 nitrogen and oxygen atoms in total. The number of carbonyl (C=O) groups excluding carboxylic acids is 3. The molecule has 186 valence electrons. The van der Waals surface area contributed by atoms with Crippen molar-refractivity contribution in [3.8, 4) is 0 Å². The quantitative estimate of drug-likeness (QED) is 0.360. The van der Waals surface area contributed by atoms with Crippen LogP contribution >= 0.6 is 0 Å². The zero-order valence-electron chi connectivity index (χ0n) is 19.4. The zero-order chi connectivity index (χ0) is 25.6. The van der Waals surface area contributed by atoms with Gasteiger partial charge in [0.05, 0.1) is 11.7 Å². The molecule has 5 rings (SSSR count). The van der Waals surface area contributed by atoms with E-state index in [0.29, 0.717) is 29.6 Å². The molecular weight excluding hydrogens is 473 g/mol. The first-order chi connectivity index (χ1) is 17.2. The molecule has 0 radical (unpaired) electrons. The molecule has 36 heavy (non-hydrogen) atoms. The molecule has 3 amide bonds. The number of aromatic nitrogens is 4. The molecule has 3 aromatic heterocycles. The lowest BCUT2D eigenvalue weighted by Crippen LogP contribution is -2.43. The van der Waals surface area contributed by atoms with Crippen LogP contribution in [0.15, 0.2) is 39.7 Å². The normalized spacial score (nSPS) is 15.8. The fraction of sp³-hybridized carbons (Fsp3) is 0.304. The topological polar surface area (TPSA) is 155 Å². The third-order valence-electron chi connectivity index (χ3n) is 6.00. The number of likely N-dealkylation sites (tertiary alicyclic amines) is 1. The maximum atomic E-state index is 14.3. The summed E-state index contributed by atoms with van der Waals surface area (Å²) in [5.74, 6) is -2.94. The lowest BCUT2D eigenvalue weighted by molar-refractivity contribution is -0.130. The van der Waals surface area contributed by atoms with Crippen molar-refractivity contribution in [2.24, 2.45) is 0 Å². The van der Waals surface area contributed by atoms with Crippen molar-refractivity contribution < 1.29 is 23.2 Å². The molecule has 1 aromatic carbocycles. The Bertz CT molecular complexity index is 1570. The SMILES string of the molecule is CC(C)N1CCC(NC(=O)c2cc(C(=O)NCc3ccc4oc(=O)[nH]c4c3)nc3c(F)cnn23)C1=O. The number of rotatable bonds is 6. The average Bonchev–Trinajstić information content (AvgIpc) is 3.52. The number of benzene rings is 1. The summed E-state index contributed by atoms with van der Waals surface area (Å²) in [4.78, 5) is 58.1. The fourth-order valence-electron chi connectivity index (χ4n) is 4.18. The standard InChI is InChI=1S/C23H22FN7O5/c1-11(2)30-6-5-14(22(30)34)28-21(33)17-8-16(27-19-13(24)10-26-31(17)19)20(32)25-9-12-3-4-18-15(7-12)29-23(35)36-18/h3-4,7-8,10-11,14H,5-6,9H2,1-2H3,(H,25,32)(H,28,33)(H,29,35). The second-order valence-corrected chi connectivity index (χ2v) is 8.72. The van der Waals surface area contributed by atoms with Gasteiger partial charge in [0.15, 0.2) is 17.0 Å². The largest absolute Gasteiger partial charge is 0.417 e. The minimum atomic E-state index is -0.809. The highest BCUT2D eigenvalue weighted by Gasteiger charge is 2.34. The van der Waals surface area contributed by atoms with Gasteiger partial charge in [-0.1, -0.05) is 6.07 Å². The molecule has 1 aliphatic rings. The van der Waals surface area contributed by atoms with E-state index in [9.17, 15) is 23.6 Å². The van der Waals surface area contributed by atoms with Gasteiger partial charge in [-0.05, 0) is 38.0 Å². The van der Waals surface area contributed by atoms with Crippen molar-refractivity contribution in [3.63, 3.8) is 0 Å². The highest BCUT2D eigenvalue weighted by molar-refractivity contribution is 6.00. The second-order valence-electron chi connectivity index (χ2n) is 8.72. The van der Waals surface area contributed by atoms with Crippen molar-refractivity contribution in [1.29, 1.82) is 0 Å². The summed E-state index contributed by atoms with van der Waals surface area (Å²) in [6, 6.07) is 5.37. The predicted molar refractivity (Wildman–Crippen MR) is 124 cm³/mol. The first-order valence-electron chi connectivity index (χ1n) is 11.3. The molecule has 0 spiro atoms. The monoisotopic (exact) mass is 495 g/mol. The van der Waals surface area contributed by atoms with Crippen LogP contribution in [0.3, 0.4) is 0 Å². The number of hydrogen-bond donors (Lipinski definition) is 3. The fourth-order valence-corrected chi connectivity index (χ4v) is 4.18. The van der Waals surface area contributed by atoms with Gasteiger partial charge in [0.2, 0.25) is 5.91 Å². The number of nitrogens with one attached hydrogen (secondary N) is 3. The zero-order valence-corrected chi connectivity index (χ0v) is 19.4.